The summed E-state index contributed by atoms with van der Waals surface area (Å²) in [5, 5.41) is 8.41. The molecule has 1 aliphatic rings. The molecule has 29 heavy (non-hydrogen) atoms. The Hall–Kier alpha value is -2.86. The minimum atomic E-state index is -0.327. The number of anilines is 2. The van der Waals surface area contributed by atoms with Crippen molar-refractivity contribution in [1.82, 2.24) is 5.32 Å². The van der Waals surface area contributed by atoms with E-state index < -0.39 is 0 Å². The number of carbonyl (C=O) groups is 2. The number of ether oxygens (including phenoxy) is 1. The molecule has 1 aliphatic carbocycles. The van der Waals surface area contributed by atoms with Gasteiger partial charge in [0.2, 0.25) is 0 Å². The molecule has 0 heterocycles. The summed E-state index contributed by atoms with van der Waals surface area (Å²) in [6.07, 6.45) is 7.38. The number of para-hydroxylation sites is 1. The van der Waals surface area contributed by atoms with Crippen molar-refractivity contribution in [2.45, 2.75) is 44.6 Å². The van der Waals surface area contributed by atoms with Crippen molar-refractivity contribution in [2.75, 3.05) is 23.8 Å². The minimum Gasteiger partial charge on any atom is -0.378 e. The first-order valence-electron chi connectivity index (χ1n) is 10.3. The lowest BCUT2D eigenvalue weighted by atomic mass is 9.98. The second-order valence-corrected chi connectivity index (χ2v) is 7.26. The van der Waals surface area contributed by atoms with E-state index in [2.05, 4.69) is 16.0 Å². The Morgan fingerprint density at radius 2 is 1.52 bits per heavy atom. The first kappa shape index (κ1) is 20.9. The fourth-order valence-corrected chi connectivity index (χ4v) is 3.38. The molecule has 0 atom stereocenters. The van der Waals surface area contributed by atoms with Crippen LogP contribution in [0.25, 0.3) is 0 Å². The van der Waals surface area contributed by atoms with Crippen LogP contribution in [0.4, 0.5) is 16.2 Å². The van der Waals surface area contributed by atoms with E-state index in [0.29, 0.717) is 36.2 Å². The first-order valence-corrected chi connectivity index (χ1v) is 10.3. The monoisotopic (exact) mass is 395 g/mol. The third kappa shape index (κ3) is 7.23. The van der Waals surface area contributed by atoms with Gasteiger partial charge in [0, 0.05) is 30.1 Å². The van der Waals surface area contributed by atoms with Gasteiger partial charge in [-0.1, -0.05) is 37.5 Å². The Kier molecular flexibility index (Phi) is 8.07. The molecule has 1 fully saturated rings. The van der Waals surface area contributed by atoms with Crippen LogP contribution in [0.2, 0.25) is 0 Å². The predicted molar refractivity (Wildman–Crippen MR) is 115 cm³/mol. The van der Waals surface area contributed by atoms with Crippen LogP contribution in [0.15, 0.2) is 54.6 Å². The fraction of sp³-hybridized carbons (Fsp3) is 0.391. The molecule has 1 saturated carbocycles. The molecule has 3 amide bonds. The fourth-order valence-electron chi connectivity index (χ4n) is 3.38. The van der Waals surface area contributed by atoms with Crippen molar-refractivity contribution in [3.05, 3.63) is 60.2 Å². The molecule has 0 bridgehead atoms. The van der Waals surface area contributed by atoms with Gasteiger partial charge in [-0.05, 0) is 55.7 Å². The Morgan fingerprint density at radius 1 is 0.862 bits per heavy atom. The lowest BCUT2D eigenvalue weighted by molar-refractivity contribution is 0.0273. The van der Waals surface area contributed by atoms with Crippen LogP contribution < -0.4 is 16.0 Å². The van der Waals surface area contributed by atoms with Gasteiger partial charge in [-0.25, -0.2) is 4.79 Å². The summed E-state index contributed by atoms with van der Waals surface area (Å²) in [5.41, 5.74) is 1.90. The second-order valence-electron chi connectivity index (χ2n) is 7.26. The van der Waals surface area contributed by atoms with E-state index >= 15 is 0 Å². The van der Waals surface area contributed by atoms with E-state index in [1.54, 1.807) is 24.3 Å². The summed E-state index contributed by atoms with van der Waals surface area (Å²) in [6, 6.07) is 15.7. The second kappa shape index (κ2) is 11.2. The van der Waals surface area contributed by atoms with Gasteiger partial charge in [0.25, 0.3) is 5.91 Å². The minimum absolute atomic E-state index is 0.122. The average molecular weight is 396 g/mol. The maximum atomic E-state index is 12.2. The molecular weight excluding hydrogens is 366 g/mol. The normalized spacial score (nSPS) is 14.2. The number of rotatable bonds is 8. The number of amides is 3. The summed E-state index contributed by atoms with van der Waals surface area (Å²) in [5.74, 6) is -0.122. The lowest BCUT2D eigenvalue weighted by Crippen LogP contribution is -2.26. The van der Waals surface area contributed by atoms with Gasteiger partial charge < -0.3 is 20.7 Å². The molecule has 0 radical (unpaired) electrons. The van der Waals surface area contributed by atoms with E-state index in [-0.39, 0.29) is 11.9 Å². The molecule has 0 spiro atoms. The SMILES string of the molecule is O=C(Nc1ccccc1)Nc1ccc(C(=O)NCCCOC2CCCCC2)cc1. The van der Waals surface area contributed by atoms with Gasteiger partial charge in [0.1, 0.15) is 0 Å². The molecule has 2 aromatic rings. The standard InChI is InChI=1S/C23H29N3O3/c27-22(24-16-7-17-29-21-10-5-2-6-11-21)18-12-14-20(15-13-18)26-23(28)25-19-8-3-1-4-9-19/h1,3-4,8-9,12-15,21H,2,5-7,10-11,16-17H2,(H,24,27)(H2,25,26,28). The van der Waals surface area contributed by atoms with Crippen molar-refractivity contribution < 1.29 is 14.3 Å². The van der Waals surface area contributed by atoms with Gasteiger partial charge in [0.05, 0.1) is 6.10 Å². The molecule has 154 valence electrons. The van der Waals surface area contributed by atoms with Crippen LogP contribution in [0, 0.1) is 0 Å². The van der Waals surface area contributed by atoms with E-state index in [4.69, 9.17) is 4.74 Å². The highest BCUT2D eigenvalue weighted by atomic mass is 16.5. The van der Waals surface area contributed by atoms with E-state index in [1.165, 1.54) is 19.3 Å². The number of hydrogen-bond acceptors (Lipinski definition) is 3. The molecule has 6 nitrogen and oxygen atoms in total. The highest BCUT2D eigenvalue weighted by molar-refractivity contribution is 6.00. The summed E-state index contributed by atoms with van der Waals surface area (Å²) in [6.45, 7) is 1.27. The van der Waals surface area contributed by atoms with Gasteiger partial charge in [-0.2, -0.15) is 0 Å². The number of carbonyl (C=O) groups excluding carboxylic acids is 2. The lowest BCUT2D eigenvalue weighted by Gasteiger charge is -2.21. The van der Waals surface area contributed by atoms with Crippen molar-refractivity contribution in [3.8, 4) is 0 Å². The van der Waals surface area contributed by atoms with Crippen molar-refractivity contribution in [1.29, 1.82) is 0 Å². The van der Waals surface area contributed by atoms with Crippen LogP contribution in [-0.2, 0) is 4.74 Å². The van der Waals surface area contributed by atoms with Crippen LogP contribution in [-0.4, -0.2) is 31.2 Å². The van der Waals surface area contributed by atoms with Crippen LogP contribution in [0.1, 0.15) is 48.9 Å². The number of hydrogen-bond donors (Lipinski definition) is 3. The van der Waals surface area contributed by atoms with Crippen molar-refractivity contribution in [3.63, 3.8) is 0 Å². The zero-order chi connectivity index (χ0) is 20.3. The van der Waals surface area contributed by atoms with Gasteiger partial charge in [0.15, 0.2) is 0 Å². The molecule has 0 unspecified atom stereocenters. The first-order chi connectivity index (χ1) is 14.2. The predicted octanol–water partition coefficient (Wildman–Crippen LogP) is 4.80. The van der Waals surface area contributed by atoms with Gasteiger partial charge in [-0.15, -0.1) is 0 Å². The highest BCUT2D eigenvalue weighted by Crippen LogP contribution is 2.20. The van der Waals surface area contributed by atoms with E-state index in [9.17, 15) is 9.59 Å². The Morgan fingerprint density at radius 3 is 2.21 bits per heavy atom. The summed E-state index contributed by atoms with van der Waals surface area (Å²) >= 11 is 0. The van der Waals surface area contributed by atoms with Crippen LogP contribution in [0.3, 0.4) is 0 Å². The summed E-state index contributed by atoms with van der Waals surface area (Å²) < 4.78 is 5.87. The van der Waals surface area contributed by atoms with Crippen molar-refractivity contribution >= 4 is 23.3 Å². The van der Waals surface area contributed by atoms with Crippen LogP contribution in [0.5, 0.6) is 0 Å². The third-order valence-electron chi connectivity index (χ3n) is 4.95. The number of nitrogens with one attached hydrogen (secondary N) is 3. The Bertz CT molecular complexity index is 772. The molecule has 6 heteroatoms. The van der Waals surface area contributed by atoms with Crippen molar-refractivity contribution in [2.24, 2.45) is 0 Å². The zero-order valence-electron chi connectivity index (χ0n) is 16.7. The molecule has 0 saturated heterocycles. The quantitative estimate of drug-likeness (QED) is 0.562. The largest absolute Gasteiger partial charge is 0.378 e. The Balaban J connectivity index is 1.35. The van der Waals surface area contributed by atoms with E-state index in [0.717, 1.165) is 19.3 Å². The zero-order valence-corrected chi connectivity index (χ0v) is 16.7. The van der Waals surface area contributed by atoms with Gasteiger partial charge in [-0.3, -0.25) is 4.79 Å². The highest BCUT2D eigenvalue weighted by Gasteiger charge is 2.13. The average Bonchev–Trinajstić information content (AvgIpc) is 2.75. The molecule has 0 aromatic heterocycles. The third-order valence-corrected chi connectivity index (χ3v) is 4.95. The summed E-state index contributed by atoms with van der Waals surface area (Å²) in [4.78, 5) is 24.2. The maximum Gasteiger partial charge on any atom is 0.323 e. The van der Waals surface area contributed by atoms with Crippen LogP contribution >= 0.6 is 0 Å². The summed E-state index contributed by atoms with van der Waals surface area (Å²) in [7, 11) is 0. The molecule has 3 N–H and O–H groups in total. The smallest absolute Gasteiger partial charge is 0.323 e. The maximum absolute atomic E-state index is 12.2. The molecule has 3 rings (SSSR count). The van der Waals surface area contributed by atoms with Gasteiger partial charge >= 0.3 is 6.03 Å². The molecular formula is C23H29N3O3. The van der Waals surface area contributed by atoms with E-state index in [1.807, 2.05) is 30.3 Å². The Labute approximate surface area is 172 Å². The molecule has 2 aromatic carbocycles. The topological polar surface area (TPSA) is 79.5 Å². The number of urea groups is 1. The molecule has 0 aliphatic heterocycles. The number of benzene rings is 2.